The van der Waals surface area contributed by atoms with Crippen LogP contribution >= 0.6 is 11.6 Å². The fourth-order valence-electron chi connectivity index (χ4n) is 3.64. The van der Waals surface area contributed by atoms with Crippen molar-refractivity contribution in [3.63, 3.8) is 0 Å². The van der Waals surface area contributed by atoms with Gasteiger partial charge in [0.2, 0.25) is 11.9 Å². The molecule has 0 unspecified atom stereocenters. The van der Waals surface area contributed by atoms with Gasteiger partial charge in [-0.2, -0.15) is 5.10 Å². The van der Waals surface area contributed by atoms with Crippen LogP contribution in [0.25, 0.3) is 11.3 Å². The molecule has 1 aliphatic carbocycles. The quantitative estimate of drug-likeness (QED) is 0.685. The molecule has 1 saturated carbocycles. The molecule has 8 nitrogen and oxygen atoms in total. The second-order valence-electron chi connectivity index (χ2n) is 7.39. The molecule has 3 aromatic heterocycles. The average Bonchev–Trinajstić information content (AvgIpc) is 3.31. The number of amides is 1. The first-order valence-electron chi connectivity index (χ1n) is 9.77. The van der Waals surface area contributed by atoms with E-state index in [9.17, 15) is 4.79 Å². The molecule has 4 heterocycles. The van der Waals surface area contributed by atoms with Crippen LogP contribution in [-0.2, 0) is 4.79 Å². The second kappa shape index (κ2) is 7.44. The smallest absolute Gasteiger partial charge is 0.227 e. The maximum Gasteiger partial charge on any atom is 0.227 e. The molecule has 3 aromatic rings. The molecule has 9 heteroatoms. The number of hydrogen-bond acceptors (Lipinski definition) is 6. The molecule has 1 amide bonds. The summed E-state index contributed by atoms with van der Waals surface area (Å²) in [6, 6.07) is 2.35. The van der Waals surface area contributed by atoms with Crippen molar-refractivity contribution in [2.75, 3.05) is 16.8 Å². The lowest BCUT2D eigenvalue weighted by Gasteiger charge is -2.25. The Morgan fingerprint density at radius 2 is 2.03 bits per heavy atom. The van der Waals surface area contributed by atoms with E-state index in [4.69, 9.17) is 11.6 Å². The molecule has 0 aromatic carbocycles. The lowest BCUT2D eigenvalue weighted by Crippen LogP contribution is -2.23. The first-order valence-corrected chi connectivity index (χ1v) is 10.1. The van der Waals surface area contributed by atoms with Crippen LogP contribution in [0.2, 0.25) is 5.02 Å². The molecule has 0 spiro atoms. The summed E-state index contributed by atoms with van der Waals surface area (Å²) in [5.74, 6) is 0.532. The Labute approximate surface area is 172 Å². The fraction of sp³-hybridized carbons (Fsp3) is 0.350. The van der Waals surface area contributed by atoms with Crippen LogP contribution in [0.4, 0.5) is 17.3 Å². The van der Waals surface area contributed by atoms with E-state index in [1.807, 2.05) is 16.9 Å². The lowest BCUT2D eigenvalue weighted by molar-refractivity contribution is -0.117. The van der Waals surface area contributed by atoms with Crippen LogP contribution in [-0.4, -0.2) is 37.2 Å². The van der Waals surface area contributed by atoms with E-state index >= 15 is 0 Å². The molecular formula is C20H20ClN7O. The number of anilines is 3. The summed E-state index contributed by atoms with van der Waals surface area (Å²) in [5.41, 5.74) is 2.98. The number of nitrogens with one attached hydrogen (secondary N) is 1. The van der Waals surface area contributed by atoms with E-state index in [1.165, 1.54) is 6.42 Å². The Balaban J connectivity index is 1.39. The molecule has 1 aliphatic heterocycles. The molecule has 148 valence electrons. The zero-order valence-electron chi connectivity index (χ0n) is 15.8. The number of carbonyl (C=O) groups is 1. The van der Waals surface area contributed by atoms with Crippen LogP contribution in [0.5, 0.6) is 0 Å². The van der Waals surface area contributed by atoms with Gasteiger partial charge in [-0.25, -0.2) is 9.97 Å². The summed E-state index contributed by atoms with van der Waals surface area (Å²) >= 11 is 6.35. The van der Waals surface area contributed by atoms with Gasteiger partial charge in [-0.1, -0.05) is 11.6 Å². The zero-order valence-corrected chi connectivity index (χ0v) is 16.5. The number of nitrogens with zero attached hydrogens (tertiary/aromatic N) is 6. The van der Waals surface area contributed by atoms with Gasteiger partial charge in [0.05, 0.1) is 52.9 Å². The van der Waals surface area contributed by atoms with E-state index in [-0.39, 0.29) is 5.91 Å². The monoisotopic (exact) mass is 409 g/mol. The molecule has 29 heavy (non-hydrogen) atoms. The molecule has 1 N–H and O–H groups in total. The van der Waals surface area contributed by atoms with Gasteiger partial charge in [0, 0.05) is 24.7 Å². The maximum atomic E-state index is 12.0. The minimum atomic E-state index is 0.123. The van der Waals surface area contributed by atoms with Gasteiger partial charge in [-0.3, -0.25) is 14.5 Å². The number of aromatic nitrogens is 5. The highest BCUT2D eigenvalue weighted by Crippen LogP contribution is 2.33. The largest absolute Gasteiger partial charge is 0.323 e. The number of carbonyl (C=O) groups excluding carboxylic acids is 1. The summed E-state index contributed by atoms with van der Waals surface area (Å²) in [6.45, 7) is 0.719. The third-order valence-corrected chi connectivity index (χ3v) is 5.71. The Morgan fingerprint density at radius 3 is 2.79 bits per heavy atom. The Kier molecular flexibility index (Phi) is 4.63. The van der Waals surface area contributed by atoms with Crippen LogP contribution in [0.15, 0.2) is 37.1 Å². The van der Waals surface area contributed by atoms with Gasteiger partial charge in [0.25, 0.3) is 0 Å². The zero-order chi connectivity index (χ0) is 19.8. The van der Waals surface area contributed by atoms with E-state index in [0.717, 1.165) is 37.1 Å². The predicted molar refractivity (Wildman–Crippen MR) is 110 cm³/mol. The highest BCUT2D eigenvalue weighted by Gasteiger charge is 2.23. The Morgan fingerprint density at radius 1 is 1.14 bits per heavy atom. The Bertz CT molecular complexity index is 1060. The first kappa shape index (κ1) is 18.1. The van der Waals surface area contributed by atoms with Gasteiger partial charge in [-0.15, -0.1) is 0 Å². The average molecular weight is 410 g/mol. The number of rotatable bonds is 5. The van der Waals surface area contributed by atoms with Gasteiger partial charge >= 0.3 is 0 Å². The fourth-order valence-corrected chi connectivity index (χ4v) is 3.84. The van der Waals surface area contributed by atoms with Gasteiger partial charge in [0.1, 0.15) is 0 Å². The number of halogens is 1. The molecule has 0 atom stereocenters. The van der Waals surface area contributed by atoms with Crippen molar-refractivity contribution >= 4 is 34.8 Å². The second-order valence-corrected chi connectivity index (χ2v) is 7.80. The number of pyridine rings is 1. The topological polar surface area (TPSA) is 88.8 Å². The van der Waals surface area contributed by atoms with Gasteiger partial charge in [-0.05, 0) is 31.7 Å². The molecule has 2 fully saturated rings. The lowest BCUT2D eigenvalue weighted by atomic mass is 9.93. The van der Waals surface area contributed by atoms with Gasteiger partial charge < -0.3 is 10.2 Å². The normalized spacial score (nSPS) is 16.9. The number of hydrogen-bond donors (Lipinski definition) is 1. The molecule has 0 bridgehead atoms. The van der Waals surface area contributed by atoms with Crippen molar-refractivity contribution in [2.24, 2.45) is 0 Å². The molecule has 5 rings (SSSR count). The first-order chi connectivity index (χ1) is 14.2. The van der Waals surface area contributed by atoms with Gasteiger partial charge in [0.15, 0.2) is 0 Å². The summed E-state index contributed by atoms with van der Waals surface area (Å²) in [4.78, 5) is 26.8. The summed E-state index contributed by atoms with van der Waals surface area (Å²) in [6.07, 6.45) is 13.7. The van der Waals surface area contributed by atoms with Crippen molar-refractivity contribution < 1.29 is 4.79 Å². The molecule has 1 saturated heterocycles. The van der Waals surface area contributed by atoms with E-state index in [0.29, 0.717) is 34.8 Å². The van der Waals surface area contributed by atoms with Crippen molar-refractivity contribution in [1.82, 2.24) is 24.7 Å². The summed E-state index contributed by atoms with van der Waals surface area (Å²) < 4.78 is 1.99. The minimum Gasteiger partial charge on any atom is -0.323 e. The third kappa shape index (κ3) is 3.55. The van der Waals surface area contributed by atoms with E-state index in [1.54, 1.807) is 29.7 Å². The van der Waals surface area contributed by atoms with Crippen LogP contribution in [0, 0.1) is 0 Å². The van der Waals surface area contributed by atoms with Crippen molar-refractivity contribution in [3.05, 3.63) is 42.1 Å². The van der Waals surface area contributed by atoms with Crippen molar-refractivity contribution in [1.29, 1.82) is 0 Å². The molecular weight excluding hydrogens is 390 g/mol. The maximum absolute atomic E-state index is 12.0. The molecule has 2 aliphatic rings. The van der Waals surface area contributed by atoms with Crippen LogP contribution < -0.4 is 10.2 Å². The predicted octanol–water partition coefficient (Wildman–Crippen LogP) is 3.98. The highest BCUT2D eigenvalue weighted by atomic mass is 35.5. The molecule has 0 radical (unpaired) electrons. The summed E-state index contributed by atoms with van der Waals surface area (Å²) in [7, 11) is 0. The highest BCUT2D eigenvalue weighted by molar-refractivity contribution is 6.32. The van der Waals surface area contributed by atoms with Crippen LogP contribution in [0.1, 0.15) is 38.1 Å². The van der Waals surface area contributed by atoms with E-state index < -0.39 is 0 Å². The summed E-state index contributed by atoms with van der Waals surface area (Å²) in [5, 5.41) is 8.10. The SMILES string of the molecule is O=C1CCCN1c1cncc(Nc2ncc(Cl)c(-c3cnn(C4CCC4)c3)n2)c1. The van der Waals surface area contributed by atoms with Crippen molar-refractivity contribution in [2.45, 2.75) is 38.1 Å². The van der Waals surface area contributed by atoms with Crippen molar-refractivity contribution in [3.8, 4) is 11.3 Å². The standard InChI is InChI=1S/C20H20ClN7O/c21-17-11-23-20(26-19(17)13-8-24-28(12-13)15-3-1-4-15)25-14-7-16(10-22-9-14)27-6-2-5-18(27)29/h7-12,15H,1-6H2,(H,23,25,26). The van der Waals surface area contributed by atoms with E-state index in [2.05, 4.69) is 25.4 Å². The minimum absolute atomic E-state index is 0.123. The van der Waals surface area contributed by atoms with Crippen LogP contribution in [0.3, 0.4) is 0 Å². The third-order valence-electron chi connectivity index (χ3n) is 5.43. The Hall–Kier alpha value is -3.00.